The highest BCUT2D eigenvalue weighted by Crippen LogP contribution is 2.25. The zero-order valence-corrected chi connectivity index (χ0v) is 15.0. The van der Waals surface area contributed by atoms with Gasteiger partial charge in [0, 0.05) is 63.5 Å². The number of nitrogens with zero attached hydrogens (tertiary/aromatic N) is 7. The maximum Gasteiger partial charge on any atom is 0.160 e. The summed E-state index contributed by atoms with van der Waals surface area (Å²) in [5, 5.41) is 0. The third-order valence-corrected chi connectivity index (χ3v) is 4.89. The molecule has 0 N–H and O–H groups in total. The molecule has 0 amide bonds. The van der Waals surface area contributed by atoms with Crippen LogP contribution in [0.1, 0.15) is 24.2 Å². The fourth-order valence-electron chi connectivity index (χ4n) is 3.67. The zero-order valence-electron chi connectivity index (χ0n) is 15.0. The van der Waals surface area contributed by atoms with Gasteiger partial charge in [0.1, 0.15) is 5.69 Å². The predicted octanol–water partition coefficient (Wildman–Crippen LogP) is 2.12. The van der Waals surface area contributed by atoms with Crippen molar-refractivity contribution in [1.82, 2.24) is 34.4 Å². The fourth-order valence-corrected chi connectivity index (χ4v) is 3.67. The molecule has 3 aromatic rings. The quantitative estimate of drug-likeness (QED) is 0.702. The zero-order chi connectivity index (χ0) is 17.8. The van der Waals surface area contributed by atoms with E-state index in [0.29, 0.717) is 5.92 Å². The highest BCUT2D eigenvalue weighted by Gasteiger charge is 2.23. The molecule has 1 unspecified atom stereocenters. The van der Waals surface area contributed by atoms with Crippen LogP contribution in [0.5, 0.6) is 0 Å². The molecule has 0 radical (unpaired) electrons. The summed E-state index contributed by atoms with van der Waals surface area (Å²) in [6.45, 7) is 3.02. The van der Waals surface area contributed by atoms with Crippen LogP contribution in [0, 0.1) is 5.92 Å². The molecule has 26 heavy (non-hydrogen) atoms. The summed E-state index contributed by atoms with van der Waals surface area (Å²) < 4.78 is 1.99. The van der Waals surface area contributed by atoms with Crippen molar-refractivity contribution < 1.29 is 0 Å². The molecule has 0 spiro atoms. The number of piperidine rings is 1. The summed E-state index contributed by atoms with van der Waals surface area (Å²) in [4.78, 5) is 24.7. The standard InChI is InChI=1S/C19H23N7/c1-25-10-8-24-19(25)18-17(22-6-7-23-18)11-15-3-2-9-26(13-15)14-16-12-20-4-5-21-16/h4-8,10,12,15H,2-3,9,11,13-14H2,1H3. The Morgan fingerprint density at radius 2 is 1.92 bits per heavy atom. The smallest absolute Gasteiger partial charge is 0.160 e. The number of aromatic nitrogens is 6. The average molecular weight is 349 g/mol. The lowest BCUT2D eigenvalue weighted by molar-refractivity contribution is 0.164. The molecule has 0 bridgehead atoms. The number of aryl methyl sites for hydroxylation is 1. The molecule has 1 aliphatic rings. The first-order valence-electron chi connectivity index (χ1n) is 9.04. The Bertz CT molecular complexity index is 846. The third kappa shape index (κ3) is 3.77. The number of imidazole rings is 1. The first-order valence-corrected chi connectivity index (χ1v) is 9.04. The SMILES string of the molecule is Cn1ccnc1-c1nccnc1CC1CCCN(Cc2cnccn2)C1. The van der Waals surface area contributed by atoms with Crippen LogP contribution in [0.4, 0.5) is 0 Å². The molecule has 7 nitrogen and oxygen atoms in total. The van der Waals surface area contributed by atoms with E-state index in [2.05, 4.69) is 29.8 Å². The first-order chi connectivity index (χ1) is 12.8. The molecule has 1 saturated heterocycles. The van der Waals surface area contributed by atoms with Gasteiger partial charge in [-0.1, -0.05) is 0 Å². The van der Waals surface area contributed by atoms with E-state index in [4.69, 9.17) is 0 Å². The van der Waals surface area contributed by atoms with Gasteiger partial charge in [-0.05, 0) is 31.7 Å². The van der Waals surface area contributed by atoms with E-state index in [0.717, 1.165) is 49.0 Å². The summed E-state index contributed by atoms with van der Waals surface area (Å²) in [6, 6.07) is 0. The Hall–Kier alpha value is -2.67. The number of likely N-dealkylation sites (tertiary alicyclic amines) is 1. The molecular weight excluding hydrogens is 326 g/mol. The van der Waals surface area contributed by atoms with E-state index in [1.54, 1.807) is 31.0 Å². The highest BCUT2D eigenvalue weighted by molar-refractivity contribution is 5.52. The maximum absolute atomic E-state index is 4.62. The molecular formula is C19H23N7. The van der Waals surface area contributed by atoms with Crippen molar-refractivity contribution in [2.45, 2.75) is 25.8 Å². The van der Waals surface area contributed by atoms with Crippen LogP contribution in [0.3, 0.4) is 0 Å². The average Bonchev–Trinajstić information content (AvgIpc) is 3.09. The van der Waals surface area contributed by atoms with E-state index < -0.39 is 0 Å². The highest BCUT2D eigenvalue weighted by atomic mass is 15.1. The molecule has 4 rings (SSSR count). The monoisotopic (exact) mass is 349 g/mol. The number of hydrogen-bond acceptors (Lipinski definition) is 6. The van der Waals surface area contributed by atoms with Crippen molar-refractivity contribution >= 4 is 0 Å². The van der Waals surface area contributed by atoms with Gasteiger partial charge >= 0.3 is 0 Å². The van der Waals surface area contributed by atoms with Gasteiger partial charge in [-0.2, -0.15) is 0 Å². The number of rotatable bonds is 5. The largest absolute Gasteiger partial charge is 0.333 e. The minimum Gasteiger partial charge on any atom is -0.333 e. The molecule has 0 saturated carbocycles. The molecule has 1 fully saturated rings. The first kappa shape index (κ1) is 16.8. The topological polar surface area (TPSA) is 72.6 Å². The van der Waals surface area contributed by atoms with Crippen LogP contribution in [0.2, 0.25) is 0 Å². The van der Waals surface area contributed by atoms with Gasteiger partial charge in [0.15, 0.2) is 5.82 Å². The van der Waals surface area contributed by atoms with Crippen molar-refractivity contribution in [1.29, 1.82) is 0 Å². The van der Waals surface area contributed by atoms with Gasteiger partial charge in [0.2, 0.25) is 0 Å². The predicted molar refractivity (Wildman–Crippen MR) is 98.0 cm³/mol. The van der Waals surface area contributed by atoms with E-state index in [1.165, 1.54) is 12.8 Å². The van der Waals surface area contributed by atoms with Crippen molar-refractivity contribution in [3.8, 4) is 11.5 Å². The summed E-state index contributed by atoms with van der Waals surface area (Å²) in [5.74, 6) is 1.44. The molecule has 7 heteroatoms. The van der Waals surface area contributed by atoms with Gasteiger partial charge in [0.05, 0.1) is 11.4 Å². The Kier molecular flexibility index (Phi) is 4.97. The second kappa shape index (κ2) is 7.70. The van der Waals surface area contributed by atoms with Crippen LogP contribution in [-0.2, 0) is 20.0 Å². The second-order valence-electron chi connectivity index (χ2n) is 6.86. The van der Waals surface area contributed by atoms with Gasteiger partial charge in [-0.25, -0.2) is 9.97 Å². The molecule has 0 aliphatic carbocycles. The van der Waals surface area contributed by atoms with Crippen molar-refractivity contribution in [2.75, 3.05) is 13.1 Å². The minimum absolute atomic E-state index is 0.566. The molecule has 134 valence electrons. The molecule has 4 heterocycles. The van der Waals surface area contributed by atoms with Gasteiger partial charge in [0.25, 0.3) is 0 Å². The van der Waals surface area contributed by atoms with Crippen LogP contribution >= 0.6 is 0 Å². The maximum atomic E-state index is 4.62. The normalized spacial score (nSPS) is 18.1. The Balaban J connectivity index is 1.47. The van der Waals surface area contributed by atoms with Crippen molar-refractivity contribution in [2.24, 2.45) is 13.0 Å². The lowest BCUT2D eigenvalue weighted by Gasteiger charge is -2.32. The summed E-state index contributed by atoms with van der Waals surface area (Å²) in [5.41, 5.74) is 2.96. The summed E-state index contributed by atoms with van der Waals surface area (Å²) in [7, 11) is 1.99. The molecule has 0 aromatic carbocycles. The van der Waals surface area contributed by atoms with Gasteiger partial charge in [-0.3, -0.25) is 19.9 Å². The Morgan fingerprint density at radius 3 is 2.73 bits per heavy atom. The lowest BCUT2D eigenvalue weighted by atomic mass is 9.92. The Morgan fingerprint density at radius 1 is 1.04 bits per heavy atom. The third-order valence-electron chi connectivity index (χ3n) is 4.89. The minimum atomic E-state index is 0.566. The second-order valence-corrected chi connectivity index (χ2v) is 6.86. The molecule has 1 aliphatic heterocycles. The van der Waals surface area contributed by atoms with Crippen LogP contribution in [-0.4, -0.2) is 47.5 Å². The summed E-state index contributed by atoms with van der Waals surface area (Å²) >= 11 is 0. The van der Waals surface area contributed by atoms with Crippen LogP contribution in [0.25, 0.3) is 11.5 Å². The van der Waals surface area contributed by atoms with Crippen molar-refractivity contribution in [3.05, 3.63) is 54.8 Å². The van der Waals surface area contributed by atoms with Crippen LogP contribution in [0.15, 0.2) is 43.4 Å². The number of hydrogen-bond donors (Lipinski definition) is 0. The summed E-state index contributed by atoms with van der Waals surface area (Å²) in [6.07, 6.45) is 15.9. The van der Waals surface area contributed by atoms with Gasteiger partial charge in [-0.15, -0.1) is 0 Å². The molecule has 3 aromatic heterocycles. The van der Waals surface area contributed by atoms with E-state index in [1.807, 2.05) is 24.0 Å². The van der Waals surface area contributed by atoms with Gasteiger partial charge < -0.3 is 4.57 Å². The van der Waals surface area contributed by atoms with E-state index >= 15 is 0 Å². The Labute approximate surface area is 153 Å². The van der Waals surface area contributed by atoms with E-state index in [-0.39, 0.29) is 0 Å². The van der Waals surface area contributed by atoms with Crippen LogP contribution < -0.4 is 0 Å². The van der Waals surface area contributed by atoms with Crippen molar-refractivity contribution in [3.63, 3.8) is 0 Å². The molecule has 1 atom stereocenters. The fraction of sp³-hybridized carbons (Fsp3) is 0.421. The lowest BCUT2D eigenvalue weighted by Crippen LogP contribution is -2.36. The van der Waals surface area contributed by atoms with E-state index in [9.17, 15) is 0 Å².